The van der Waals surface area contributed by atoms with Crippen LogP contribution in [0.15, 0.2) is 62.6 Å². The molecule has 6 rings (SSSR count). The van der Waals surface area contributed by atoms with Gasteiger partial charge >= 0.3 is 0 Å². The summed E-state index contributed by atoms with van der Waals surface area (Å²) in [6, 6.07) is 10.3. The first-order valence-corrected chi connectivity index (χ1v) is 13.3. The Kier molecular flexibility index (Phi) is 5.51. The van der Waals surface area contributed by atoms with Crippen molar-refractivity contribution in [2.45, 2.75) is 55.4 Å². The molecular weight excluding hydrogens is 516 g/mol. The maximum Gasteiger partial charge on any atom is 0.290 e. The molecule has 192 valence electrons. The predicted octanol–water partition coefficient (Wildman–Crippen LogP) is 4.28. The zero-order valence-corrected chi connectivity index (χ0v) is 21.8. The van der Waals surface area contributed by atoms with Crippen molar-refractivity contribution in [3.63, 3.8) is 0 Å². The maximum absolute atomic E-state index is 13.9. The molecule has 3 aromatic rings. The average molecular weight is 541 g/mol. The summed E-state index contributed by atoms with van der Waals surface area (Å²) in [7, 11) is 0. The first kappa shape index (κ1) is 24.5. The number of halogens is 1. The molecule has 4 heterocycles. The number of amides is 2. The van der Waals surface area contributed by atoms with Crippen LogP contribution in [0.25, 0.3) is 11.0 Å². The summed E-state index contributed by atoms with van der Waals surface area (Å²) < 4.78 is 13.3. The Balaban J connectivity index is 1.35. The van der Waals surface area contributed by atoms with Crippen LogP contribution in [-0.2, 0) is 20.9 Å². The highest BCUT2D eigenvalue weighted by Crippen LogP contribution is 2.62. The molecule has 10 heteroatoms. The monoisotopic (exact) mass is 540 g/mol. The zero-order valence-electron chi connectivity index (χ0n) is 20.3. The molecule has 3 saturated heterocycles. The zero-order chi connectivity index (χ0) is 26.3. The summed E-state index contributed by atoms with van der Waals surface area (Å²) in [5, 5.41) is 13.5. The lowest BCUT2D eigenvalue weighted by Crippen LogP contribution is -2.49. The molecule has 0 saturated carbocycles. The van der Waals surface area contributed by atoms with E-state index in [-0.39, 0.29) is 36.8 Å². The number of anilines is 1. The second-order valence-corrected chi connectivity index (χ2v) is 11.6. The van der Waals surface area contributed by atoms with Gasteiger partial charge in [-0.2, -0.15) is 4.74 Å². The largest absolute Gasteiger partial charge is 0.390 e. The minimum Gasteiger partial charge on any atom is -0.390 e. The number of rotatable bonds is 6. The van der Waals surface area contributed by atoms with E-state index in [0.717, 1.165) is 10.5 Å². The minimum absolute atomic E-state index is 0.114. The second-order valence-electron chi connectivity index (χ2n) is 10.2. The van der Waals surface area contributed by atoms with Crippen molar-refractivity contribution in [2.75, 3.05) is 4.90 Å². The molecule has 1 aromatic heterocycles. The van der Waals surface area contributed by atoms with E-state index in [2.05, 4.69) is 6.58 Å². The van der Waals surface area contributed by atoms with Gasteiger partial charge in [-0.15, -0.1) is 0 Å². The van der Waals surface area contributed by atoms with E-state index in [0.29, 0.717) is 21.7 Å². The van der Waals surface area contributed by atoms with Crippen LogP contribution in [-0.4, -0.2) is 39.0 Å². The van der Waals surface area contributed by atoms with Gasteiger partial charge in [-0.3, -0.25) is 14.4 Å². The molecule has 8 nitrogen and oxygen atoms in total. The van der Waals surface area contributed by atoms with E-state index in [1.165, 1.54) is 21.4 Å². The van der Waals surface area contributed by atoms with Crippen LogP contribution in [0.3, 0.4) is 0 Å². The molecule has 0 unspecified atom stereocenters. The number of nitrogens with zero attached hydrogens (tertiary/aromatic N) is 2. The molecule has 3 aliphatic rings. The number of aliphatic hydroxyl groups excluding tert-OH is 1. The van der Waals surface area contributed by atoms with Gasteiger partial charge in [0.1, 0.15) is 5.60 Å². The summed E-state index contributed by atoms with van der Waals surface area (Å²) in [5.74, 6) is -2.34. The fourth-order valence-electron chi connectivity index (χ4n) is 6.30. The third-order valence-corrected chi connectivity index (χ3v) is 9.20. The van der Waals surface area contributed by atoms with Gasteiger partial charge in [0.15, 0.2) is 5.58 Å². The highest BCUT2D eigenvalue weighted by molar-refractivity contribution is 8.02. The van der Waals surface area contributed by atoms with E-state index >= 15 is 0 Å². The Morgan fingerprint density at radius 3 is 2.70 bits per heavy atom. The Labute approximate surface area is 221 Å². The first-order valence-electron chi connectivity index (χ1n) is 12.0. The summed E-state index contributed by atoms with van der Waals surface area (Å²) in [6.07, 6.45) is -0.530. The highest BCUT2D eigenvalue weighted by Gasteiger charge is 2.76. The summed E-state index contributed by atoms with van der Waals surface area (Å²) >= 11 is 7.45. The number of hydrogen-bond acceptors (Lipinski definition) is 7. The van der Waals surface area contributed by atoms with Gasteiger partial charge < -0.3 is 14.4 Å². The Morgan fingerprint density at radius 2 is 1.95 bits per heavy atom. The molecule has 0 spiro atoms. The number of carbonyl (C=O) groups is 2. The first-order chi connectivity index (χ1) is 17.6. The lowest BCUT2D eigenvalue weighted by Gasteiger charge is -2.33. The summed E-state index contributed by atoms with van der Waals surface area (Å²) in [5.41, 5.74) is -0.765. The maximum atomic E-state index is 13.9. The van der Waals surface area contributed by atoms with E-state index in [4.69, 9.17) is 20.9 Å². The lowest BCUT2D eigenvalue weighted by atomic mass is 9.66. The Bertz CT molecular complexity index is 1550. The quantitative estimate of drug-likeness (QED) is 0.368. The normalized spacial score (nSPS) is 30.5. The number of aliphatic hydroxyl groups is 1. The number of ether oxygens (including phenoxy) is 1. The molecule has 2 bridgehead atoms. The number of thioether (sulfide) groups is 1. The topological polar surface area (TPSA) is 102 Å². The number of carbonyl (C=O) groups excluding carboxylic acids is 2. The van der Waals surface area contributed by atoms with Crippen molar-refractivity contribution in [3.8, 4) is 0 Å². The van der Waals surface area contributed by atoms with Crippen LogP contribution in [0, 0.1) is 18.8 Å². The lowest BCUT2D eigenvalue weighted by molar-refractivity contribution is -0.134. The van der Waals surface area contributed by atoms with Crippen molar-refractivity contribution in [1.29, 1.82) is 0 Å². The average Bonchev–Trinajstić information content (AvgIpc) is 3.50. The van der Waals surface area contributed by atoms with Crippen molar-refractivity contribution in [3.05, 3.63) is 69.3 Å². The molecule has 37 heavy (non-hydrogen) atoms. The van der Waals surface area contributed by atoms with Gasteiger partial charge in [0.05, 0.1) is 41.2 Å². The molecular formula is C27H25ClN2O6S. The van der Waals surface area contributed by atoms with Crippen LogP contribution < -0.4 is 10.5 Å². The number of aryl methyl sites for hydroxylation is 2. The standard InChI is InChI=1S/C27H25ClN2O6S/c1-4-37-19-12-16(7-5-14(19)2)30-24(33)21-22(25(30)34)27(13-20(31)26(21,3)36-27)9-10-29-23(32)17-11-15(28)6-8-18(17)35-29/h4-8,11-12,20-22,31H,1,9-10,13H2,2-3H3/t20-,21-,22+,26-,27+/m0/s1. The number of benzene rings is 2. The third kappa shape index (κ3) is 3.41. The van der Waals surface area contributed by atoms with Crippen molar-refractivity contribution >= 4 is 51.8 Å². The molecule has 3 aliphatic heterocycles. The van der Waals surface area contributed by atoms with Crippen molar-refractivity contribution in [1.82, 2.24) is 4.74 Å². The van der Waals surface area contributed by atoms with E-state index in [1.54, 1.807) is 36.6 Å². The fraction of sp³-hybridized carbons (Fsp3) is 0.370. The van der Waals surface area contributed by atoms with Crippen molar-refractivity contribution in [2.24, 2.45) is 11.8 Å². The summed E-state index contributed by atoms with van der Waals surface area (Å²) in [4.78, 5) is 42.6. The fourth-order valence-corrected chi connectivity index (χ4v) is 7.10. The molecule has 5 atom stereocenters. The van der Waals surface area contributed by atoms with E-state index in [9.17, 15) is 19.5 Å². The molecule has 3 fully saturated rings. The number of imide groups is 1. The van der Waals surface area contributed by atoms with Gasteiger partial charge in [0, 0.05) is 16.3 Å². The van der Waals surface area contributed by atoms with Crippen LogP contribution >= 0.6 is 23.4 Å². The predicted molar refractivity (Wildman–Crippen MR) is 140 cm³/mol. The Morgan fingerprint density at radius 1 is 1.19 bits per heavy atom. The summed E-state index contributed by atoms with van der Waals surface area (Å²) in [6.45, 7) is 7.52. The second kappa shape index (κ2) is 8.33. The minimum atomic E-state index is -1.21. The van der Waals surface area contributed by atoms with Gasteiger partial charge in [0.2, 0.25) is 11.8 Å². The van der Waals surface area contributed by atoms with Gasteiger partial charge in [-0.05, 0) is 61.6 Å². The number of fused-ring (bicyclic) bond motifs is 6. The van der Waals surface area contributed by atoms with E-state index in [1.807, 2.05) is 19.1 Å². The van der Waals surface area contributed by atoms with Crippen LogP contribution in [0.2, 0.25) is 5.02 Å². The van der Waals surface area contributed by atoms with Gasteiger partial charge in [-0.25, -0.2) is 4.90 Å². The smallest absolute Gasteiger partial charge is 0.290 e. The van der Waals surface area contributed by atoms with Crippen LogP contribution in [0.5, 0.6) is 0 Å². The Hall–Kier alpha value is -2.85. The van der Waals surface area contributed by atoms with Crippen LogP contribution in [0.4, 0.5) is 5.69 Å². The molecule has 0 aliphatic carbocycles. The van der Waals surface area contributed by atoms with Gasteiger partial charge in [0.25, 0.3) is 5.56 Å². The van der Waals surface area contributed by atoms with Crippen LogP contribution in [0.1, 0.15) is 25.3 Å². The third-order valence-electron chi connectivity index (χ3n) is 8.10. The van der Waals surface area contributed by atoms with Crippen molar-refractivity contribution < 1.29 is 24.0 Å². The SMILES string of the molecule is C=CSc1cc(N2C(=O)[C@@H]3[C@H](C2=O)[C@@]2(CCn4oc5ccc(Cl)cc5c4=O)C[C@H](O)[C@]3(C)O2)ccc1C. The molecule has 0 radical (unpaired) electrons. The molecule has 1 N–H and O–H groups in total. The number of hydrogen-bond donors (Lipinski definition) is 1. The van der Waals surface area contributed by atoms with Gasteiger partial charge in [-0.1, -0.05) is 36.0 Å². The molecule has 2 aromatic carbocycles. The number of aromatic nitrogens is 1. The van der Waals surface area contributed by atoms with E-state index < -0.39 is 29.1 Å². The molecule has 2 amide bonds. The highest BCUT2D eigenvalue weighted by atomic mass is 35.5.